The summed E-state index contributed by atoms with van der Waals surface area (Å²) in [5, 5.41) is 12.8. The van der Waals surface area contributed by atoms with Crippen LogP contribution in [0, 0.1) is 0 Å². The van der Waals surface area contributed by atoms with E-state index in [0.717, 1.165) is 24.8 Å². The Morgan fingerprint density at radius 2 is 1.28 bits per heavy atom. The molecule has 0 amide bonds. The van der Waals surface area contributed by atoms with Crippen molar-refractivity contribution in [2.45, 2.75) is 32.4 Å². The molecule has 0 aliphatic carbocycles. The van der Waals surface area contributed by atoms with Crippen molar-refractivity contribution in [1.82, 2.24) is 0 Å². The molecule has 0 aromatic heterocycles. The van der Waals surface area contributed by atoms with Gasteiger partial charge >= 0.3 is 0 Å². The number of aryl methyl sites for hydroxylation is 1. The molecule has 2 heteroatoms. The van der Waals surface area contributed by atoms with Crippen molar-refractivity contribution in [3.63, 3.8) is 0 Å². The predicted molar refractivity (Wildman–Crippen MR) is 126 cm³/mol. The molecule has 3 aromatic rings. The zero-order valence-electron chi connectivity index (χ0n) is 17.4. The highest BCUT2D eigenvalue weighted by Gasteiger charge is 2.28. The van der Waals surface area contributed by atoms with Crippen LogP contribution in [0.2, 0.25) is 13.1 Å². The van der Waals surface area contributed by atoms with E-state index in [0.29, 0.717) is 0 Å². The molecule has 148 valence electrons. The molecule has 0 heterocycles. The van der Waals surface area contributed by atoms with Crippen LogP contribution >= 0.6 is 0 Å². The molecule has 3 rings (SSSR count). The van der Waals surface area contributed by atoms with Crippen LogP contribution in [-0.4, -0.2) is 19.8 Å². The molecule has 0 spiro atoms. The Morgan fingerprint density at radius 3 is 1.83 bits per heavy atom. The van der Waals surface area contributed by atoms with Gasteiger partial charge in [-0.1, -0.05) is 109 Å². The van der Waals surface area contributed by atoms with Gasteiger partial charge in [-0.05, 0) is 29.2 Å². The minimum Gasteiger partial charge on any atom is -0.391 e. The molecular formula is C27H30OSi. The van der Waals surface area contributed by atoms with Crippen LogP contribution < -0.4 is 5.19 Å². The molecule has 0 saturated heterocycles. The highest BCUT2D eigenvalue weighted by atomic mass is 28.3. The normalized spacial score (nSPS) is 11.0. The second-order valence-corrected chi connectivity index (χ2v) is 12.4. The Morgan fingerprint density at radius 1 is 0.759 bits per heavy atom. The zero-order valence-corrected chi connectivity index (χ0v) is 18.4. The first kappa shape index (κ1) is 21.1. The van der Waals surface area contributed by atoms with Gasteiger partial charge in [0.1, 0.15) is 8.07 Å². The third kappa shape index (κ3) is 5.92. The van der Waals surface area contributed by atoms with E-state index in [1.54, 1.807) is 0 Å². The molecule has 0 bridgehead atoms. The lowest BCUT2D eigenvalue weighted by Crippen LogP contribution is -2.43. The summed E-state index contributed by atoms with van der Waals surface area (Å²) in [4.78, 5) is 0. The molecule has 0 saturated carbocycles. The SMILES string of the molecule is C[Si](C)(C(=C=C(CO)Cc1ccccc1)CCc1ccccc1)c1ccccc1. The molecule has 1 N–H and O–H groups in total. The summed E-state index contributed by atoms with van der Waals surface area (Å²) < 4.78 is 0. The van der Waals surface area contributed by atoms with Crippen LogP contribution in [0.1, 0.15) is 17.5 Å². The highest BCUT2D eigenvalue weighted by Crippen LogP contribution is 2.21. The maximum absolute atomic E-state index is 10.1. The second kappa shape index (κ2) is 10.2. The molecule has 29 heavy (non-hydrogen) atoms. The molecule has 0 radical (unpaired) electrons. The first-order valence-corrected chi connectivity index (χ1v) is 13.3. The van der Waals surface area contributed by atoms with Crippen molar-refractivity contribution in [2.75, 3.05) is 6.61 Å². The lowest BCUT2D eigenvalue weighted by atomic mass is 10.1. The number of aliphatic hydroxyl groups is 1. The summed E-state index contributed by atoms with van der Waals surface area (Å²) in [6, 6.07) is 31.8. The molecule has 0 aliphatic rings. The van der Waals surface area contributed by atoms with Crippen LogP contribution in [0.3, 0.4) is 0 Å². The molecule has 3 aromatic carbocycles. The van der Waals surface area contributed by atoms with E-state index in [4.69, 9.17) is 0 Å². The fourth-order valence-corrected chi connectivity index (χ4v) is 6.28. The lowest BCUT2D eigenvalue weighted by Gasteiger charge is -2.26. The first-order chi connectivity index (χ1) is 14.1. The average molecular weight is 399 g/mol. The number of benzene rings is 3. The Bertz CT molecular complexity index is 953. The van der Waals surface area contributed by atoms with Crippen molar-refractivity contribution in [1.29, 1.82) is 0 Å². The van der Waals surface area contributed by atoms with Gasteiger partial charge < -0.3 is 5.11 Å². The lowest BCUT2D eigenvalue weighted by molar-refractivity contribution is 0.328. The van der Waals surface area contributed by atoms with E-state index in [-0.39, 0.29) is 6.61 Å². The van der Waals surface area contributed by atoms with Crippen molar-refractivity contribution in [3.05, 3.63) is 119 Å². The highest BCUT2D eigenvalue weighted by molar-refractivity contribution is 6.95. The smallest absolute Gasteiger partial charge is 0.116 e. The molecule has 1 nitrogen and oxygen atoms in total. The molecular weight excluding hydrogens is 368 g/mol. The van der Waals surface area contributed by atoms with Crippen LogP contribution in [-0.2, 0) is 12.8 Å². The number of hydrogen-bond donors (Lipinski definition) is 1. The maximum atomic E-state index is 10.1. The second-order valence-electron chi connectivity index (χ2n) is 8.00. The number of rotatable bonds is 8. The quantitative estimate of drug-likeness (QED) is 0.394. The monoisotopic (exact) mass is 398 g/mol. The van der Waals surface area contributed by atoms with Crippen LogP contribution in [0.25, 0.3) is 0 Å². The topological polar surface area (TPSA) is 20.2 Å². The predicted octanol–water partition coefficient (Wildman–Crippen LogP) is 5.46. The van der Waals surface area contributed by atoms with Gasteiger partial charge in [0, 0.05) is 12.0 Å². The fourth-order valence-electron chi connectivity index (χ4n) is 3.67. The Balaban J connectivity index is 1.99. The summed E-state index contributed by atoms with van der Waals surface area (Å²) in [7, 11) is -1.89. The van der Waals surface area contributed by atoms with Gasteiger partial charge in [0.15, 0.2) is 0 Å². The van der Waals surface area contributed by atoms with E-state index in [1.807, 2.05) is 18.2 Å². The minimum atomic E-state index is -1.89. The number of hydrogen-bond acceptors (Lipinski definition) is 1. The molecule has 0 fully saturated rings. The third-order valence-electron chi connectivity index (χ3n) is 5.54. The fraction of sp³-hybridized carbons (Fsp3) is 0.222. The van der Waals surface area contributed by atoms with E-state index >= 15 is 0 Å². The van der Waals surface area contributed by atoms with E-state index in [1.165, 1.54) is 21.5 Å². The number of aliphatic hydroxyl groups excluding tert-OH is 1. The van der Waals surface area contributed by atoms with Gasteiger partial charge in [0.05, 0.1) is 6.61 Å². The van der Waals surface area contributed by atoms with Crippen LogP contribution in [0.5, 0.6) is 0 Å². The van der Waals surface area contributed by atoms with Gasteiger partial charge in [-0.15, -0.1) is 5.73 Å². The molecule has 0 unspecified atom stereocenters. The summed E-state index contributed by atoms with van der Waals surface area (Å²) in [6.07, 6.45) is 2.71. The molecule has 0 aliphatic heterocycles. The summed E-state index contributed by atoms with van der Waals surface area (Å²) >= 11 is 0. The van der Waals surface area contributed by atoms with Gasteiger partial charge in [0.2, 0.25) is 0 Å². The van der Waals surface area contributed by atoms with Gasteiger partial charge in [-0.25, -0.2) is 0 Å². The van der Waals surface area contributed by atoms with E-state index < -0.39 is 8.07 Å². The van der Waals surface area contributed by atoms with Gasteiger partial charge in [-0.2, -0.15) is 0 Å². The average Bonchev–Trinajstić information content (AvgIpc) is 2.77. The standard InChI is InChI=1S/C27H30OSi/c1-29(2,26-16-10-5-11-17-26)27(19-18-23-12-6-3-7-13-23)21-25(22-28)20-24-14-8-4-9-15-24/h3-17,28H,18-20,22H2,1-2H3. The Hall–Kier alpha value is -2.64. The maximum Gasteiger partial charge on any atom is 0.116 e. The first-order valence-electron chi connectivity index (χ1n) is 10.3. The van der Waals surface area contributed by atoms with Gasteiger partial charge in [-0.3, -0.25) is 0 Å². The summed E-state index contributed by atoms with van der Waals surface area (Å²) in [5.74, 6) is 0. The van der Waals surface area contributed by atoms with Crippen LogP contribution in [0.4, 0.5) is 0 Å². The van der Waals surface area contributed by atoms with E-state index in [9.17, 15) is 5.11 Å². The van der Waals surface area contributed by atoms with Crippen LogP contribution in [0.15, 0.2) is 107 Å². The Kier molecular flexibility index (Phi) is 7.43. The summed E-state index contributed by atoms with van der Waals surface area (Å²) in [5.41, 5.74) is 7.23. The third-order valence-corrected chi connectivity index (χ3v) is 9.20. The van der Waals surface area contributed by atoms with Crippen molar-refractivity contribution >= 4 is 13.3 Å². The van der Waals surface area contributed by atoms with Crippen molar-refractivity contribution in [3.8, 4) is 0 Å². The minimum absolute atomic E-state index is 0.0446. The van der Waals surface area contributed by atoms with Crippen molar-refractivity contribution < 1.29 is 5.11 Å². The van der Waals surface area contributed by atoms with Gasteiger partial charge in [0.25, 0.3) is 0 Å². The molecule has 0 atom stereocenters. The van der Waals surface area contributed by atoms with Crippen molar-refractivity contribution in [2.24, 2.45) is 0 Å². The Labute approximate surface area is 176 Å². The zero-order chi connectivity index (χ0) is 20.5. The largest absolute Gasteiger partial charge is 0.391 e. The summed E-state index contributed by atoms with van der Waals surface area (Å²) in [6.45, 7) is 4.84. The van der Waals surface area contributed by atoms with E-state index in [2.05, 4.69) is 91.6 Å².